The molecule has 1 saturated heterocycles. The van der Waals surface area contributed by atoms with E-state index in [9.17, 15) is 4.79 Å². The Kier molecular flexibility index (Phi) is 2.83. The Morgan fingerprint density at radius 3 is 2.60 bits per heavy atom. The number of Topliss-reactive ketones (excluding diaryl/α,β-unsaturated/α-hetero) is 1. The molecule has 0 unspecified atom stereocenters. The largest absolute Gasteiger partial charge is 0.382 e. The van der Waals surface area contributed by atoms with E-state index in [1.165, 1.54) is 0 Å². The number of hydrogen-bond acceptors (Lipinski definition) is 3. The van der Waals surface area contributed by atoms with Crippen LogP contribution >= 0.6 is 0 Å². The fourth-order valence-electron chi connectivity index (χ4n) is 1.09. The monoisotopic (exact) mass is 143 g/mol. The zero-order valence-corrected chi connectivity index (χ0v) is 5.75. The first kappa shape index (κ1) is 7.69. The van der Waals surface area contributed by atoms with Crippen LogP contribution in [0.5, 0.6) is 0 Å². The number of hydrogen-bond donors (Lipinski definition) is 1. The van der Waals surface area contributed by atoms with Gasteiger partial charge in [0.15, 0.2) is 5.78 Å². The summed E-state index contributed by atoms with van der Waals surface area (Å²) < 4.78 is 5.05. The predicted octanol–water partition coefficient (Wildman–Crippen LogP) is 0.516. The molecule has 1 aliphatic heterocycles. The van der Waals surface area contributed by atoms with Gasteiger partial charge in [-0.3, -0.25) is 4.79 Å². The van der Waals surface area contributed by atoms with Crippen molar-refractivity contribution in [2.75, 3.05) is 13.2 Å². The van der Waals surface area contributed by atoms with Crippen molar-refractivity contribution in [3.8, 4) is 0 Å². The zero-order valence-electron chi connectivity index (χ0n) is 5.75. The molecule has 3 heteroatoms. The molecule has 0 aliphatic carbocycles. The molecule has 1 radical (unpaired) electrons. The number of rotatable bonds is 2. The third-order valence-corrected chi connectivity index (χ3v) is 1.75. The first-order valence-corrected chi connectivity index (χ1v) is 3.43. The van der Waals surface area contributed by atoms with Gasteiger partial charge in [0.05, 0.1) is 0 Å². The van der Waals surface area contributed by atoms with Crippen LogP contribution < -0.4 is 0 Å². The maximum absolute atomic E-state index is 10.8. The fraction of sp³-hybridized carbons (Fsp3) is 0.714. The van der Waals surface area contributed by atoms with Gasteiger partial charge in [0.2, 0.25) is 0 Å². The summed E-state index contributed by atoms with van der Waals surface area (Å²) in [6.45, 7) is 1.95. The SMILES string of the molecule is O=C([CH]O)C1CCOCC1. The number of ether oxygens (including phenoxy) is 1. The van der Waals surface area contributed by atoms with E-state index in [2.05, 4.69) is 0 Å². The van der Waals surface area contributed by atoms with E-state index < -0.39 is 0 Å². The Morgan fingerprint density at radius 2 is 2.10 bits per heavy atom. The molecule has 0 aromatic heterocycles. The highest BCUT2D eigenvalue weighted by Crippen LogP contribution is 2.15. The molecule has 1 rings (SSSR count). The smallest absolute Gasteiger partial charge is 0.167 e. The lowest BCUT2D eigenvalue weighted by Gasteiger charge is -2.19. The lowest BCUT2D eigenvalue weighted by molar-refractivity contribution is -0.125. The van der Waals surface area contributed by atoms with Gasteiger partial charge in [-0.2, -0.15) is 0 Å². The van der Waals surface area contributed by atoms with Crippen molar-refractivity contribution in [2.24, 2.45) is 5.92 Å². The minimum absolute atomic E-state index is 0.00116. The average molecular weight is 143 g/mol. The molecule has 0 saturated carbocycles. The Labute approximate surface area is 60.0 Å². The van der Waals surface area contributed by atoms with Gasteiger partial charge in [0.1, 0.15) is 6.61 Å². The lowest BCUT2D eigenvalue weighted by Crippen LogP contribution is -2.23. The molecule has 0 atom stereocenters. The van der Waals surface area contributed by atoms with Crippen molar-refractivity contribution in [2.45, 2.75) is 12.8 Å². The topological polar surface area (TPSA) is 46.5 Å². The second kappa shape index (κ2) is 3.68. The summed E-state index contributed by atoms with van der Waals surface area (Å²) in [7, 11) is 0. The van der Waals surface area contributed by atoms with Crippen LogP contribution in [-0.4, -0.2) is 24.1 Å². The molecular weight excluding hydrogens is 132 g/mol. The van der Waals surface area contributed by atoms with Crippen molar-refractivity contribution in [1.82, 2.24) is 0 Å². The van der Waals surface area contributed by atoms with E-state index in [0.717, 1.165) is 12.8 Å². The molecule has 0 bridgehead atoms. The Morgan fingerprint density at radius 1 is 1.50 bits per heavy atom. The molecule has 0 amide bonds. The summed E-state index contributed by atoms with van der Waals surface area (Å²) in [5.74, 6) is -0.165. The minimum atomic E-state index is -0.164. The van der Waals surface area contributed by atoms with E-state index in [0.29, 0.717) is 19.8 Å². The molecule has 1 aliphatic rings. The summed E-state index contributed by atoms with van der Waals surface area (Å²) in [5, 5.41) is 8.37. The number of aliphatic hydroxyl groups is 1. The Hall–Kier alpha value is -0.410. The van der Waals surface area contributed by atoms with Crippen molar-refractivity contribution in [1.29, 1.82) is 0 Å². The molecular formula is C7H11O3. The van der Waals surface area contributed by atoms with E-state index in [1.807, 2.05) is 0 Å². The number of carbonyl (C=O) groups is 1. The highest BCUT2D eigenvalue weighted by molar-refractivity contribution is 5.87. The molecule has 1 fully saturated rings. The number of carbonyl (C=O) groups excluding carboxylic acids is 1. The van der Waals surface area contributed by atoms with Gasteiger partial charge in [0.25, 0.3) is 0 Å². The van der Waals surface area contributed by atoms with Gasteiger partial charge in [-0.15, -0.1) is 0 Å². The van der Waals surface area contributed by atoms with Crippen molar-refractivity contribution >= 4 is 5.78 Å². The quantitative estimate of drug-likeness (QED) is 0.612. The average Bonchev–Trinajstić information content (AvgIpc) is 2.05. The third-order valence-electron chi connectivity index (χ3n) is 1.75. The van der Waals surface area contributed by atoms with Crippen LogP contribution in [-0.2, 0) is 9.53 Å². The standard InChI is InChI=1S/C7H11O3/c8-5-7(9)6-1-3-10-4-2-6/h5-6,8H,1-4H2. The Bertz CT molecular complexity index is 116. The molecule has 0 aromatic carbocycles. The van der Waals surface area contributed by atoms with Crippen molar-refractivity contribution < 1.29 is 14.6 Å². The lowest BCUT2D eigenvalue weighted by atomic mass is 9.96. The van der Waals surface area contributed by atoms with Crippen LogP contribution in [0.3, 0.4) is 0 Å². The predicted molar refractivity (Wildman–Crippen MR) is 34.8 cm³/mol. The van der Waals surface area contributed by atoms with E-state index >= 15 is 0 Å². The maximum Gasteiger partial charge on any atom is 0.167 e. The number of ketones is 1. The van der Waals surface area contributed by atoms with E-state index in [-0.39, 0.29) is 11.7 Å². The van der Waals surface area contributed by atoms with E-state index in [1.54, 1.807) is 0 Å². The normalized spacial score (nSPS) is 20.9. The summed E-state index contributed by atoms with van der Waals surface area (Å²) in [6, 6.07) is 0. The second-order valence-electron chi connectivity index (χ2n) is 2.42. The summed E-state index contributed by atoms with van der Waals surface area (Å²) in [6.07, 6.45) is 1.49. The van der Waals surface area contributed by atoms with Gasteiger partial charge in [-0.05, 0) is 12.8 Å². The summed E-state index contributed by atoms with van der Waals surface area (Å²) in [4.78, 5) is 10.8. The Balaban J connectivity index is 2.31. The third kappa shape index (κ3) is 1.78. The van der Waals surface area contributed by atoms with Gasteiger partial charge in [-0.25, -0.2) is 0 Å². The first-order valence-electron chi connectivity index (χ1n) is 3.43. The van der Waals surface area contributed by atoms with Crippen LogP contribution in [0.15, 0.2) is 0 Å². The molecule has 57 valence electrons. The fourth-order valence-corrected chi connectivity index (χ4v) is 1.09. The van der Waals surface area contributed by atoms with Crippen LogP contribution in [0.2, 0.25) is 0 Å². The summed E-state index contributed by atoms with van der Waals surface area (Å²) >= 11 is 0. The van der Waals surface area contributed by atoms with Crippen LogP contribution in [0.4, 0.5) is 0 Å². The first-order chi connectivity index (χ1) is 4.84. The van der Waals surface area contributed by atoms with Crippen LogP contribution in [0.1, 0.15) is 12.8 Å². The minimum Gasteiger partial charge on any atom is -0.382 e. The van der Waals surface area contributed by atoms with E-state index in [4.69, 9.17) is 9.84 Å². The highest BCUT2D eigenvalue weighted by atomic mass is 16.5. The van der Waals surface area contributed by atoms with Gasteiger partial charge >= 0.3 is 0 Å². The molecule has 1 N–H and O–H groups in total. The van der Waals surface area contributed by atoms with Crippen molar-refractivity contribution in [3.05, 3.63) is 6.61 Å². The van der Waals surface area contributed by atoms with Gasteiger partial charge in [0, 0.05) is 19.1 Å². The number of aliphatic hydroxyl groups excluding tert-OH is 1. The van der Waals surface area contributed by atoms with Gasteiger partial charge in [-0.1, -0.05) is 0 Å². The van der Waals surface area contributed by atoms with Crippen LogP contribution in [0.25, 0.3) is 0 Å². The van der Waals surface area contributed by atoms with Crippen LogP contribution in [0, 0.1) is 12.5 Å². The van der Waals surface area contributed by atoms with Crippen molar-refractivity contribution in [3.63, 3.8) is 0 Å². The van der Waals surface area contributed by atoms with Gasteiger partial charge < -0.3 is 9.84 Å². The highest BCUT2D eigenvalue weighted by Gasteiger charge is 2.20. The maximum atomic E-state index is 10.8. The molecule has 0 aromatic rings. The molecule has 1 heterocycles. The zero-order chi connectivity index (χ0) is 7.40. The summed E-state index contributed by atoms with van der Waals surface area (Å²) in [5.41, 5.74) is 0. The molecule has 10 heavy (non-hydrogen) atoms. The second-order valence-corrected chi connectivity index (χ2v) is 2.42. The molecule has 0 spiro atoms. The molecule has 3 nitrogen and oxygen atoms in total.